The normalized spacial score (nSPS) is 15.1. The Balaban J connectivity index is 1.18. The van der Waals surface area contributed by atoms with Crippen LogP contribution in [0, 0.1) is 18.8 Å². The van der Waals surface area contributed by atoms with Crippen molar-refractivity contribution in [2.24, 2.45) is 11.8 Å². The maximum absolute atomic E-state index is 13.2. The van der Waals surface area contributed by atoms with Gasteiger partial charge in [-0.1, -0.05) is 55.0 Å². The minimum atomic E-state index is -0.0855. The monoisotopic (exact) mass is 481 g/mol. The molecular weight excluding hydrogens is 450 g/mol. The molecule has 1 aromatic heterocycles. The van der Waals surface area contributed by atoms with E-state index in [0.717, 1.165) is 24.0 Å². The van der Waals surface area contributed by atoms with Gasteiger partial charge in [0.25, 0.3) is 5.91 Å². The molecule has 6 nitrogen and oxygen atoms in total. The van der Waals surface area contributed by atoms with E-state index in [4.69, 9.17) is 4.42 Å². The van der Waals surface area contributed by atoms with Crippen LogP contribution in [-0.4, -0.2) is 34.8 Å². The van der Waals surface area contributed by atoms with Crippen LogP contribution < -0.4 is 5.32 Å². The molecule has 0 spiro atoms. The number of piperidine rings is 1. The second kappa shape index (κ2) is 10.4. The summed E-state index contributed by atoms with van der Waals surface area (Å²) in [5.41, 5.74) is 5.13. The summed E-state index contributed by atoms with van der Waals surface area (Å²) in [7, 11) is 0. The highest BCUT2D eigenvalue weighted by Gasteiger charge is 2.30. The third-order valence-electron chi connectivity index (χ3n) is 7.19. The van der Waals surface area contributed by atoms with Gasteiger partial charge in [-0.15, -0.1) is 0 Å². The Kier molecular flexibility index (Phi) is 6.85. The highest BCUT2D eigenvalue weighted by molar-refractivity contribution is 5.97. The fourth-order valence-electron chi connectivity index (χ4n) is 4.83. The minimum absolute atomic E-state index is 0.00332. The van der Waals surface area contributed by atoms with Gasteiger partial charge in [-0.3, -0.25) is 9.59 Å². The van der Waals surface area contributed by atoms with Gasteiger partial charge in [-0.05, 0) is 61.6 Å². The number of oxazole rings is 1. The number of hydrogen-bond donors (Lipinski definition) is 1. The summed E-state index contributed by atoms with van der Waals surface area (Å²) in [5, 5.41) is 3.05. The highest BCUT2D eigenvalue weighted by atomic mass is 16.3. The number of likely N-dealkylation sites (tertiary alicyclic amines) is 1. The molecule has 6 heteroatoms. The van der Waals surface area contributed by atoms with Crippen molar-refractivity contribution in [1.29, 1.82) is 0 Å². The van der Waals surface area contributed by atoms with Gasteiger partial charge in [0.2, 0.25) is 11.8 Å². The largest absolute Gasteiger partial charge is 0.436 e. The molecule has 0 bridgehead atoms. The van der Waals surface area contributed by atoms with Crippen molar-refractivity contribution in [2.75, 3.05) is 13.1 Å². The number of carbonyl (C=O) groups is 2. The van der Waals surface area contributed by atoms with Gasteiger partial charge in [0.15, 0.2) is 5.58 Å². The van der Waals surface area contributed by atoms with Crippen molar-refractivity contribution in [2.45, 2.75) is 33.2 Å². The molecule has 0 radical (unpaired) electrons. The lowest BCUT2D eigenvalue weighted by Crippen LogP contribution is -2.42. The minimum Gasteiger partial charge on any atom is -0.436 e. The lowest BCUT2D eigenvalue weighted by molar-refractivity contribution is -0.126. The Morgan fingerprint density at radius 3 is 2.47 bits per heavy atom. The van der Waals surface area contributed by atoms with Crippen molar-refractivity contribution in [1.82, 2.24) is 15.2 Å². The summed E-state index contributed by atoms with van der Waals surface area (Å²) < 4.78 is 5.91. The molecule has 1 saturated heterocycles. The van der Waals surface area contributed by atoms with Crippen molar-refractivity contribution in [3.63, 3.8) is 0 Å². The van der Waals surface area contributed by atoms with E-state index in [1.807, 2.05) is 85.5 Å². The van der Waals surface area contributed by atoms with Gasteiger partial charge >= 0.3 is 0 Å². The van der Waals surface area contributed by atoms with E-state index < -0.39 is 0 Å². The Morgan fingerprint density at radius 2 is 1.75 bits per heavy atom. The molecule has 0 saturated carbocycles. The van der Waals surface area contributed by atoms with Gasteiger partial charge in [0, 0.05) is 36.7 Å². The lowest BCUT2D eigenvalue weighted by Gasteiger charge is -2.34. The van der Waals surface area contributed by atoms with E-state index in [-0.39, 0.29) is 23.7 Å². The van der Waals surface area contributed by atoms with E-state index in [1.54, 1.807) is 6.07 Å². The van der Waals surface area contributed by atoms with E-state index in [1.165, 1.54) is 5.56 Å². The molecule has 1 fully saturated rings. The topological polar surface area (TPSA) is 75.4 Å². The fraction of sp³-hybridized carbons (Fsp3) is 0.300. The Bertz CT molecular complexity index is 1350. The summed E-state index contributed by atoms with van der Waals surface area (Å²) in [6.45, 7) is 5.86. The first-order chi connectivity index (χ1) is 17.5. The first kappa shape index (κ1) is 23.8. The number of nitrogens with zero attached hydrogens (tertiary/aromatic N) is 2. The molecule has 1 N–H and O–H groups in total. The summed E-state index contributed by atoms with van der Waals surface area (Å²) in [6, 6.07) is 23.4. The average molecular weight is 482 g/mol. The maximum Gasteiger partial charge on any atom is 0.253 e. The van der Waals surface area contributed by atoms with Gasteiger partial charge in [-0.2, -0.15) is 0 Å². The fourth-order valence-corrected chi connectivity index (χ4v) is 4.83. The van der Waals surface area contributed by atoms with Crippen molar-refractivity contribution < 1.29 is 14.0 Å². The smallest absolute Gasteiger partial charge is 0.253 e. The third kappa shape index (κ3) is 5.18. The highest BCUT2D eigenvalue weighted by Crippen LogP contribution is 2.28. The van der Waals surface area contributed by atoms with Crippen molar-refractivity contribution >= 4 is 22.9 Å². The summed E-state index contributed by atoms with van der Waals surface area (Å²) >= 11 is 0. The number of nitrogens with one attached hydrogen (secondary N) is 1. The van der Waals surface area contributed by atoms with Crippen LogP contribution in [0.5, 0.6) is 0 Å². The third-order valence-corrected chi connectivity index (χ3v) is 7.19. The van der Waals surface area contributed by atoms with E-state index in [2.05, 4.69) is 10.3 Å². The van der Waals surface area contributed by atoms with E-state index in [9.17, 15) is 9.59 Å². The molecule has 0 unspecified atom stereocenters. The second-order valence-corrected chi connectivity index (χ2v) is 9.69. The predicted octanol–water partition coefficient (Wildman–Crippen LogP) is 5.61. The summed E-state index contributed by atoms with van der Waals surface area (Å²) in [6.07, 6.45) is 1.63. The number of hydrogen-bond acceptors (Lipinski definition) is 4. The van der Waals surface area contributed by atoms with E-state index >= 15 is 0 Å². The van der Waals surface area contributed by atoms with Crippen LogP contribution in [-0.2, 0) is 11.3 Å². The molecule has 4 aromatic rings. The average Bonchev–Trinajstić information content (AvgIpc) is 3.35. The number of benzene rings is 3. The summed E-state index contributed by atoms with van der Waals surface area (Å²) in [5.74, 6) is 0.799. The van der Waals surface area contributed by atoms with Gasteiger partial charge in [0.05, 0.1) is 0 Å². The second-order valence-electron chi connectivity index (χ2n) is 9.69. The molecule has 2 amide bonds. The molecule has 5 rings (SSSR count). The van der Waals surface area contributed by atoms with Crippen LogP contribution >= 0.6 is 0 Å². The Hall–Kier alpha value is -3.93. The maximum atomic E-state index is 13.2. The quantitative estimate of drug-likeness (QED) is 0.389. The number of carbonyl (C=O) groups excluding carboxylic acids is 2. The van der Waals surface area contributed by atoms with Crippen molar-refractivity contribution in [3.8, 4) is 11.5 Å². The first-order valence-corrected chi connectivity index (χ1v) is 12.6. The first-order valence-electron chi connectivity index (χ1n) is 12.6. The van der Waals surface area contributed by atoms with Crippen LogP contribution in [0.3, 0.4) is 0 Å². The zero-order valence-corrected chi connectivity index (χ0v) is 20.7. The molecule has 36 heavy (non-hydrogen) atoms. The molecule has 0 aliphatic carbocycles. The molecule has 2 heterocycles. The number of rotatable bonds is 6. The predicted molar refractivity (Wildman–Crippen MR) is 140 cm³/mol. The van der Waals surface area contributed by atoms with Crippen LogP contribution in [0.4, 0.5) is 0 Å². The molecule has 1 aliphatic rings. The number of aromatic nitrogens is 1. The van der Waals surface area contributed by atoms with Gasteiger partial charge in [-0.25, -0.2) is 4.98 Å². The van der Waals surface area contributed by atoms with Crippen LogP contribution in [0.2, 0.25) is 0 Å². The molecule has 1 aliphatic heterocycles. The van der Waals surface area contributed by atoms with Crippen LogP contribution in [0.1, 0.15) is 41.3 Å². The van der Waals surface area contributed by atoms with E-state index in [0.29, 0.717) is 42.2 Å². The molecular formula is C30H31N3O3. The lowest BCUT2D eigenvalue weighted by atomic mass is 9.84. The standard InChI is InChI=1S/C30H31N3O3/c1-20-8-10-24(11-9-20)29-32-26-18-25(12-13-27(26)36-29)30(35)33-16-14-23(15-17-33)21(2)28(34)31-19-22-6-4-3-5-7-22/h3-13,18,21,23H,14-17,19H2,1-2H3,(H,31,34)/t21-/m1/s1. The summed E-state index contributed by atoms with van der Waals surface area (Å²) in [4.78, 5) is 32.4. The van der Waals surface area contributed by atoms with Gasteiger partial charge < -0.3 is 14.6 Å². The number of amides is 2. The Labute approximate surface area is 211 Å². The van der Waals surface area contributed by atoms with Gasteiger partial charge in [0.1, 0.15) is 5.52 Å². The number of aryl methyl sites for hydroxylation is 1. The molecule has 3 aromatic carbocycles. The zero-order chi connectivity index (χ0) is 25.1. The number of fused-ring (bicyclic) bond motifs is 1. The molecule has 184 valence electrons. The van der Waals surface area contributed by atoms with Crippen LogP contribution in [0.15, 0.2) is 77.2 Å². The zero-order valence-electron chi connectivity index (χ0n) is 20.7. The van der Waals surface area contributed by atoms with Crippen molar-refractivity contribution in [3.05, 3.63) is 89.5 Å². The molecule has 1 atom stereocenters. The Morgan fingerprint density at radius 1 is 1.03 bits per heavy atom. The van der Waals surface area contributed by atoms with Crippen LogP contribution in [0.25, 0.3) is 22.6 Å². The SMILES string of the molecule is Cc1ccc(-c2nc3cc(C(=O)N4CCC([C@@H](C)C(=O)NCc5ccccc5)CC4)ccc3o2)cc1.